The van der Waals surface area contributed by atoms with E-state index in [0.29, 0.717) is 0 Å². The summed E-state index contributed by atoms with van der Waals surface area (Å²) in [7, 11) is 0. The molecule has 0 N–H and O–H groups in total. The monoisotopic (exact) mass is 340 g/mol. The van der Waals surface area contributed by atoms with Crippen molar-refractivity contribution >= 4 is 18.9 Å². The summed E-state index contributed by atoms with van der Waals surface area (Å²) in [5.74, 6) is -0.290. The average Bonchev–Trinajstić information content (AvgIpc) is 2.48. The molecule has 0 aromatic heterocycles. The second-order valence-corrected chi connectivity index (χ2v) is 8.93. The molecule has 1 nitrogen and oxygen atoms in total. The lowest BCUT2D eigenvalue weighted by atomic mass is 9.77. The van der Waals surface area contributed by atoms with Gasteiger partial charge in [-0.15, -0.1) is 12.6 Å². The fourth-order valence-corrected chi connectivity index (χ4v) is 3.49. The van der Waals surface area contributed by atoms with Crippen LogP contribution in [0.4, 0.5) is 0 Å². The van der Waals surface area contributed by atoms with E-state index in [4.69, 9.17) is 12.6 Å². The van der Waals surface area contributed by atoms with E-state index in [2.05, 4.69) is 53.7 Å². The van der Waals surface area contributed by atoms with Crippen LogP contribution in [-0.2, 0) is 15.6 Å². The normalized spacial score (nSPS) is 13.6. The predicted octanol–water partition coefficient (Wildman–Crippen LogP) is 5.90. The number of hydrogen-bond acceptors (Lipinski definition) is 2. The first-order valence-corrected chi connectivity index (χ1v) is 8.88. The highest BCUT2D eigenvalue weighted by Gasteiger charge is 2.26. The van der Waals surface area contributed by atoms with Gasteiger partial charge in [-0.2, -0.15) is 0 Å². The highest BCUT2D eigenvalue weighted by Crippen LogP contribution is 2.39. The van der Waals surface area contributed by atoms with Crippen LogP contribution in [0, 0.1) is 0 Å². The molecule has 128 valence electrons. The second kappa shape index (κ2) is 6.76. The number of benzene rings is 2. The van der Waals surface area contributed by atoms with E-state index in [1.165, 1.54) is 11.1 Å². The van der Waals surface area contributed by atoms with Crippen LogP contribution < -0.4 is 0 Å². The minimum atomic E-state index is -0.290. The van der Waals surface area contributed by atoms with E-state index in [1.54, 1.807) is 0 Å². The molecule has 0 radical (unpaired) electrons. The molecule has 0 spiro atoms. The summed E-state index contributed by atoms with van der Waals surface area (Å²) in [5, 5.41) is 0. The van der Waals surface area contributed by atoms with Gasteiger partial charge >= 0.3 is 0 Å². The molecule has 0 saturated carbocycles. The van der Waals surface area contributed by atoms with Crippen molar-refractivity contribution in [3.63, 3.8) is 0 Å². The molecule has 1 unspecified atom stereocenters. The molecule has 2 heteroatoms. The van der Waals surface area contributed by atoms with Gasteiger partial charge in [-0.3, -0.25) is 0 Å². The highest BCUT2D eigenvalue weighted by molar-refractivity contribution is 7.80. The first-order valence-electron chi connectivity index (χ1n) is 8.44. The van der Waals surface area contributed by atoms with E-state index >= 15 is 0 Å². The maximum Gasteiger partial charge on any atom is 0.131 e. The van der Waals surface area contributed by atoms with Gasteiger partial charge in [0.25, 0.3) is 0 Å². The Hall–Kier alpha value is -1.54. The van der Waals surface area contributed by atoms with Crippen molar-refractivity contribution in [2.75, 3.05) is 0 Å². The van der Waals surface area contributed by atoms with E-state index in [9.17, 15) is 4.79 Å². The van der Waals surface area contributed by atoms with Gasteiger partial charge in [0, 0.05) is 4.90 Å². The number of rotatable bonds is 3. The molecule has 0 aliphatic carbocycles. The minimum Gasteiger partial charge on any atom is -0.302 e. The maximum absolute atomic E-state index is 11.9. The Labute approximate surface area is 151 Å². The molecule has 0 heterocycles. The van der Waals surface area contributed by atoms with E-state index < -0.39 is 0 Å². The van der Waals surface area contributed by atoms with Gasteiger partial charge in [-0.1, -0.05) is 84.0 Å². The van der Waals surface area contributed by atoms with Gasteiger partial charge in [-0.25, -0.2) is 0 Å². The van der Waals surface area contributed by atoms with Crippen LogP contribution in [0.1, 0.15) is 69.7 Å². The summed E-state index contributed by atoms with van der Waals surface area (Å²) in [4.78, 5) is 12.9. The largest absolute Gasteiger partial charge is 0.302 e. The summed E-state index contributed by atoms with van der Waals surface area (Å²) in [6, 6.07) is 14.3. The number of aldehydes is 1. The van der Waals surface area contributed by atoms with Crippen molar-refractivity contribution in [3.05, 3.63) is 64.7 Å². The van der Waals surface area contributed by atoms with Crippen LogP contribution >= 0.6 is 12.6 Å². The van der Waals surface area contributed by atoms with Gasteiger partial charge in [0.05, 0.1) is 5.92 Å². The van der Waals surface area contributed by atoms with Gasteiger partial charge in [0.2, 0.25) is 0 Å². The summed E-state index contributed by atoms with van der Waals surface area (Å²) >= 11 is 4.83. The Kier molecular flexibility index (Phi) is 5.29. The lowest BCUT2D eigenvalue weighted by Crippen LogP contribution is -2.19. The van der Waals surface area contributed by atoms with Crippen molar-refractivity contribution in [2.24, 2.45) is 0 Å². The van der Waals surface area contributed by atoms with Gasteiger partial charge in [-0.05, 0) is 33.1 Å². The van der Waals surface area contributed by atoms with E-state index in [-0.39, 0.29) is 16.7 Å². The Morgan fingerprint density at radius 2 is 1.50 bits per heavy atom. The molecule has 2 aromatic rings. The third-order valence-corrected chi connectivity index (χ3v) is 4.94. The average molecular weight is 341 g/mol. The first kappa shape index (κ1) is 18.8. The zero-order valence-corrected chi connectivity index (χ0v) is 16.4. The molecular formula is C22H28OS. The molecule has 0 bridgehead atoms. The molecule has 0 fully saturated rings. The molecule has 0 saturated heterocycles. The Balaban J connectivity index is 2.74. The number of carbonyl (C=O) groups is 1. The smallest absolute Gasteiger partial charge is 0.131 e. The third kappa shape index (κ3) is 3.92. The fourth-order valence-electron chi connectivity index (χ4n) is 2.89. The molecular weight excluding hydrogens is 312 g/mol. The summed E-state index contributed by atoms with van der Waals surface area (Å²) in [6.45, 7) is 13.2. The first-order chi connectivity index (χ1) is 11.1. The molecule has 2 aromatic carbocycles. The topological polar surface area (TPSA) is 17.1 Å². The minimum absolute atomic E-state index is 0.0142. The van der Waals surface area contributed by atoms with Crippen LogP contribution in [0.15, 0.2) is 47.4 Å². The number of hydrogen-bond donors (Lipinski definition) is 1. The SMILES string of the molecule is CC(C)(C)c1cc(C(C=O)c2ccccc2)c(S)c(C(C)(C)C)c1. The van der Waals surface area contributed by atoms with Crippen molar-refractivity contribution in [2.45, 2.75) is 63.2 Å². The molecule has 0 aliphatic rings. The van der Waals surface area contributed by atoms with Gasteiger partial charge in [0.15, 0.2) is 0 Å². The van der Waals surface area contributed by atoms with Crippen molar-refractivity contribution in [3.8, 4) is 0 Å². The quantitative estimate of drug-likeness (QED) is 0.543. The highest BCUT2D eigenvalue weighted by atomic mass is 32.1. The summed E-state index contributed by atoms with van der Waals surface area (Å²) < 4.78 is 0. The van der Waals surface area contributed by atoms with E-state index in [0.717, 1.165) is 22.3 Å². The van der Waals surface area contributed by atoms with Crippen molar-refractivity contribution < 1.29 is 4.79 Å². The standard InChI is InChI=1S/C22H28OS/c1-21(2,3)16-12-17(20(24)19(13-16)22(4,5)6)18(14-23)15-10-8-7-9-11-15/h7-14,18,24H,1-6H3. The molecule has 24 heavy (non-hydrogen) atoms. The van der Waals surface area contributed by atoms with E-state index in [1.807, 2.05) is 30.3 Å². The molecule has 1 atom stereocenters. The molecule has 0 aliphatic heterocycles. The van der Waals surface area contributed by atoms with Crippen LogP contribution in [0.5, 0.6) is 0 Å². The van der Waals surface area contributed by atoms with Gasteiger partial charge < -0.3 is 4.79 Å². The molecule has 2 rings (SSSR count). The summed E-state index contributed by atoms with van der Waals surface area (Å²) in [6.07, 6.45) is 1.03. The van der Waals surface area contributed by atoms with Crippen LogP contribution in [-0.4, -0.2) is 6.29 Å². The number of thiol groups is 1. The lowest BCUT2D eigenvalue weighted by molar-refractivity contribution is -0.108. The van der Waals surface area contributed by atoms with Crippen molar-refractivity contribution in [1.29, 1.82) is 0 Å². The predicted molar refractivity (Wildman–Crippen MR) is 105 cm³/mol. The molecule has 0 amide bonds. The Bertz CT molecular complexity index is 718. The van der Waals surface area contributed by atoms with Crippen LogP contribution in [0.2, 0.25) is 0 Å². The zero-order chi connectivity index (χ0) is 18.1. The Morgan fingerprint density at radius 3 is 1.96 bits per heavy atom. The number of carbonyl (C=O) groups excluding carboxylic acids is 1. The zero-order valence-electron chi connectivity index (χ0n) is 15.6. The lowest BCUT2D eigenvalue weighted by Gasteiger charge is -2.29. The van der Waals surface area contributed by atoms with Crippen LogP contribution in [0.25, 0.3) is 0 Å². The fraction of sp³-hybridized carbons (Fsp3) is 0.409. The van der Waals surface area contributed by atoms with Crippen LogP contribution in [0.3, 0.4) is 0 Å². The maximum atomic E-state index is 11.9. The van der Waals surface area contributed by atoms with Gasteiger partial charge in [0.1, 0.15) is 6.29 Å². The third-order valence-electron chi connectivity index (χ3n) is 4.44. The van der Waals surface area contributed by atoms with Crippen molar-refractivity contribution in [1.82, 2.24) is 0 Å². The Morgan fingerprint density at radius 1 is 0.917 bits per heavy atom. The summed E-state index contributed by atoms with van der Waals surface area (Å²) in [5.41, 5.74) is 4.42. The second-order valence-electron chi connectivity index (χ2n) is 8.49.